The smallest absolute Gasteiger partial charge is 0.475 e. The van der Waals surface area contributed by atoms with Crippen molar-refractivity contribution in [3.05, 3.63) is 90.1 Å². The van der Waals surface area contributed by atoms with Gasteiger partial charge in [0.15, 0.2) is 11.5 Å². The van der Waals surface area contributed by atoms with E-state index in [1.165, 1.54) is 5.56 Å². The number of piperidine rings is 1. The van der Waals surface area contributed by atoms with E-state index in [1.807, 2.05) is 35.1 Å². The lowest BCUT2D eigenvalue weighted by Gasteiger charge is -2.31. The number of aliphatic carboxylic acids is 3. The molecule has 1 fully saturated rings. The molecule has 278 valence electrons. The fourth-order valence-corrected chi connectivity index (χ4v) is 4.11. The summed E-state index contributed by atoms with van der Waals surface area (Å²) < 4.78 is 97.1. The predicted octanol–water partition coefficient (Wildman–Crippen LogP) is 6.02. The summed E-state index contributed by atoms with van der Waals surface area (Å²) in [4.78, 5) is 38.4. The van der Waals surface area contributed by atoms with E-state index in [0.29, 0.717) is 5.92 Å². The van der Waals surface area contributed by atoms with Crippen molar-refractivity contribution in [1.29, 1.82) is 0 Å². The van der Waals surface area contributed by atoms with Crippen LogP contribution in [0.4, 0.5) is 45.2 Å². The first-order valence-electron chi connectivity index (χ1n) is 14.3. The van der Waals surface area contributed by atoms with Gasteiger partial charge in [0.2, 0.25) is 0 Å². The minimum atomic E-state index is -5.08. The largest absolute Gasteiger partial charge is 0.490 e. The van der Waals surface area contributed by atoms with Crippen LogP contribution in [-0.4, -0.2) is 89.3 Å². The summed E-state index contributed by atoms with van der Waals surface area (Å²) in [6, 6.07) is 20.6. The molecule has 1 aliphatic rings. The van der Waals surface area contributed by atoms with E-state index in [1.54, 1.807) is 0 Å². The van der Waals surface area contributed by atoms with Gasteiger partial charge in [-0.2, -0.15) is 44.6 Å². The number of carbonyl (C=O) groups is 3. The summed E-state index contributed by atoms with van der Waals surface area (Å²) >= 11 is 0. The zero-order chi connectivity index (χ0) is 38.4. The number of pyridine rings is 2. The highest BCUT2D eigenvalue weighted by atomic mass is 19.4. The lowest BCUT2D eigenvalue weighted by Crippen LogP contribution is -2.34. The number of benzene rings is 1. The first-order chi connectivity index (χ1) is 23.7. The van der Waals surface area contributed by atoms with Crippen molar-refractivity contribution >= 4 is 29.2 Å². The highest BCUT2D eigenvalue weighted by molar-refractivity contribution is 5.73. The minimum Gasteiger partial charge on any atom is -0.475 e. The average molecular weight is 741 g/mol. The Hall–Kier alpha value is -5.47. The monoisotopic (exact) mass is 740 g/mol. The van der Waals surface area contributed by atoms with Crippen LogP contribution in [0.1, 0.15) is 35.8 Å². The van der Waals surface area contributed by atoms with Gasteiger partial charge in [-0.1, -0.05) is 36.4 Å². The summed E-state index contributed by atoms with van der Waals surface area (Å²) in [7, 11) is 0. The van der Waals surface area contributed by atoms with Crippen molar-refractivity contribution in [2.24, 2.45) is 0 Å². The van der Waals surface area contributed by atoms with Crippen LogP contribution in [0, 0.1) is 0 Å². The number of nitrogens with one attached hydrogen (secondary N) is 1. The minimum absolute atomic E-state index is 0.364. The number of rotatable bonds is 6. The summed E-state index contributed by atoms with van der Waals surface area (Å²) in [6.07, 6.45) is -9.06. The number of hydrogen-bond donors (Lipinski definition) is 4. The van der Waals surface area contributed by atoms with Crippen molar-refractivity contribution in [3.63, 3.8) is 0 Å². The van der Waals surface area contributed by atoms with Gasteiger partial charge in [-0.05, 0) is 49.2 Å². The Morgan fingerprint density at radius 3 is 1.84 bits per heavy atom. The molecular weight excluding hydrogens is 711 g/mol. The Kier molecular flexibility index (Phi) is 15.1. The molecule has 21 heteroatoms. The molecule has 0 radical (unpaired) electrons. The normalized spacial score (nSPS) is 14.8. The number of carboxylic acid groups (broad SMARTS) is 3. The lowest BCUT2D eigenvalue weighted by molar-refractivity contribution is -0.193. The van der Waals surface area contributed by atoms with Crippen molar-refractivity contribution < 1.29 is 69.2 Å². The van der Waals surface area contributed by atoms with Crippen molar-refractivity contribution in [2.45, 2.75) is 50.4 Å². The standard InChI is InChI=1S/C24H26N6.3C2HF3O2/c1-2-7-19(8-3-1)15-26-22-11-12-23-27-24(28-30(23)18-22)20-9-6-14-29(16-20)17-21-10-4-5-13-25-21;3*3-2(4,5)1(6)7/h1-5,7-8,10-13,18,20,26H,6,9,14-17H2;3*(H,6,7). The van der Waals surface area contributed by atoms with E-state index in [-0.39, 0.29) is 0 Å². The van der Waals surface area contributed by atoms with Crippen LogP contribution in [0.2, 0.25) is 0 Å². The molecule has 1 aromatic carbocycles. The molecule has 1 atom stereocenters. The lowest BCUT2D eigenvalue weighted by atomic mass is 9.97. The van der Waals surface area contributed by atoms with E-state index in [2.05, 4.69) is 57.7 Å². The molecular formula is C30H29F9N6O6. The maximum absolute atomic E-state index is 10.6. The second-order valence-electron chi connectivity index (χ2n) is 10.3. The number of likely N-dealkylation sites (tertiary alicyclic amines) is 1. The van der Waals surface area contributed by atoms with Crippen LogP contribution in [0.15, 0.2) is 73.1 Å². The van der Waals surface area contributed by atoms with Gasteiger partial charge in [-0.15, -0.1) is 0 Å². The quantitative estimate of drug-likeness (QED) is 0.171. The number of nitrogens with zero attached hydrogens (tertiary/aromatic N) is 5. The first-order valence-corrected chi connectivity index (χ1v) is 14.3. The Morgan fingerprint density at radius 2 is 1.33 bits per heavy atom. The second kappa shape index (κ2) is 18.5. The van der Waals surface area contributed by atoms with Crippen LogP contribution < -0.4 is 5.32 Å². The Bertz CT molecular complexity index is 1650. The van der Waals surface area contributed by atoms with E-state index >= 15 is 0 Å². The van der Waals surface area contributed by atoms with Gasteiger partial charge < -0.3 is 20.6 Å². The highest BCUT2D eigenvalue weighted by Gasteiger charge is 2.39. The Labute approximate surface area is 282 Å². The van der Waals surface area contributed by atoms with Crippen molar-refractivity contribution in [1.82, 2.24) is 24.5 Å². The fourth-order valence-electron chi connectivity index (χ4n) is 4.11. The highest BCUT2D eigenvalue weighted by Crippen LogP contribution is 2.26. The zero-order valence-electron chi connectivity index (χ0n) is 26.0. The van der Waals surface area contributed by atoms with Crippen LogP contribution >= 0.6 is 0 Å². The number of anilines is 1. The third-order valence-electron chi connectivity index (χ3n) is 6.40. The van der Waals surface area contributed by atoms with Gasteiger partial charge in [0.1, 0.15) is 0 Å². The molecule has 0 saturated carbocycles. The first kappa shape index (κ1) is 41.7. The number of halogens is 9. The van der Waals surface area contributed by atoms with Gasteiger partial charge in [0.25, 0.3) is 0 Å². The average Bonchev–Trinajstić information content (AvgIpc) is 3.48. The molecule has 3 aromatic heterocycles. The van der Waals surface area contributed by atoms with Gasteiger partial charge in [0.05, 0.1) is 17.6 Å². The van der Waals surface area contributed by atoms with Crippen LogP contribution in [0.3, 0.4) is 0 Å². The van der Waals surface area contributed by atoms with E-state index < -0.39 is 36.4 Å². The van der Waals surface area contributed by atoms with Crippen molar-refractivity contribution in [3.8, 4) is 0 Å². The molecule has 12 nitrogen and oxygen atoms in total. The van der Waals surface area contributed by atoms with Crippen LogP contribution in [0.5, 0.6) is 0 Å². The third-order valence-corrected chi connectivity index (χ3v) is 6.40. The van der Waals surface area contributed by atoms with Gasteiger partial charge in [-0.25, -0.2) is 23.9 Å². The SMILES string of the molecule is O=C(O)C(F)(F)F.O=C(O)C(F)(F)F.O=C(O)C(F)(F)F.c1ccc(CNc2ccc3nc(C4CCCN(Cc5ccccn5)C4)nn3c2)cc1. The molecule has 0 spiro atoms. The number of fused-ring (bicyclic) bond motifs is 1. The van der Waals surface area contributed by atoms with Gasteiger partial charge >= 0.3 is 36.4 Å². The zero-order valence-corrected chi connectivity index (χ0v) is 26.0. The molecule has 4 aromatic rings. The molecule has 51 heavy (non-hydrogen) atoms. The van der Waals surface area contributed by atoms with Crippen LogP contribution in [-0.2, 0) is 27.5 Å². The van der Waals surface area contributed by atoms with E-state index in [9.17, 15) is 39.5 Å². The maximum Gasteiger partial charge on any atom is 0.490 e. The topological polar surface area (TPSA) is 170 Å². The summed E-state index contributed by atoms with van der Waals surface area (Å²) in [5, 5.41) is 29.7. The Balaban J connectivity index is 0.000000352. The van der Waals surface area contributed by atoms with Gasteiger partial charge in [0, 0.05) is 31.7 Å². The van der Waals surface area contributed by atoms with Crippen molar-refractivity contribution in [2.75, 3.05) is 18.4 Å². The Morgan fingerprint density at radius 1 is 0.784 bits per heavy atom. The molecule has 1 aliphatic heterocycles. The molecule has 1 saturated heterocycles. The molecule has 5 rings (SSSR count). The molecule has 0 amide bonds. The summed E-state index contributed by atoms with van der Waals surface area (Å²) in [5.74, 6) is -6.96. The molecule has 1 unspecified atom stereocenters. The number of hydrogen-bond acceptors (Lipinski definition) is 8. The third kappa shape index (κ3) is 15.3. The number of alkyl halides is 9. The molecule has 0 aliphatic carbocycles. The second-order valence-corrected chi connectivity index (χ2v) is 10.3. The molecule has 4 heterocycles. The fraction of sp³-hybridized carbons (Fsp3) is 0.333. The van der Waals surface area contributed by atoms with E-state index in [4.69, 9.17) is 39.8 Å². The summed E-state index contributed by atoms with van der Waals surface area (Å²) in [6.45, 7) is 3.76. The van der Waals surface area contributed by atoms with Crippen LogP contribution in [0.25, 0.3) is 5.65 Å². The van der Waals surface area contributed by atoms with Gasteiger partial charge in [-0.3, -0.25) is 9.88 Å². The predicted molar refractivity (Wildman–Crippen MR) is 159 cm³/mol. The molecule has 4 N–H and O–H groups in total. The number of carboxylic acids is 3. The van der Waals surface area contributed by atoms with E-state index in [0.717, 1.165) is 61.9 Å². The molecule has 0 bridgehead atoms. The maximum atomic E-state index is 10.6. The number of aromatic nitrogens is 4. The summed E-state index contributed by atoms with van der Waals surface area (Å²) in [5.41, 5.74) is 4.32.